The summed E-state index contributed by atoms with van der Waals surface area (Å²) in [5.74, 6) is -0.243. The molecule has 0 atom stereocenters. The summed E-state index contributed by atoms with van der Waals surface area (Å²) in [6, 6.07) is 6.94. The van der Waals surface area contributed by atoms with E-state index in [1.807, 2.05) is 13.8 Å². The van der Waals surface area contributed by atoms with Crippen LogP contribution in [0.15, 0.2) is 35.4 Å². The van der Waals surface area contributed by atoms with Crippen LogP contribution in [-0.4, -0.2) is 39.5 Å². The van der Waals surface area contributed by atoms with Crippen molar-refractivity contribution in [3.63, 3.8) is 0 Å². The molecule has 1 fully saturated rings. The molecule has 31 heavy (non-hydrogen) atoms. The van der Waals surface area contributed by atoms with E-state index in [0.29, 0.717) is 16.8 Å². The molecule has 0 saturated carbocycles. The van der Waals surface area contributed by atoms with E-state index < -0.39 is 0 Å². The monoisotopic (exact) mass is 439 g/mol. The Labute approximate surface area is 183 Å². The Bertz CT molecular complexity index is 1190. The molecule has 0 bridgehead atoms. The second kappa shape index (κ2) is 8.89. The molecular formula is C22H25N5O3S. The molecule has 162 valence electrons. The summed E-state index contributed by atoms with van der Waals surface area (Å²) in [5.41, 5.74) is 1.90. The molecule has 9 heteroatoms. The van der Waals surface area contributed by atoms with E-state index in [1.54, 1.807) is 29.2 Å². The summed E-state index contributed by atoms with van der Waals surface area (Å²) in [5, 5.41) is 6.35. The van der Waals surface area contributed by atoms with Crippen molar-refractivity contribution in [2.45, 2.75) is 39.7 Å². The van der Waals surface area contributed by atoms with E-state index in [0.717, 1.165) is 41.2 Å². The minimum atomic E-state index is -0.243. The van der Waals surface area contributed by atoms with Crippen molar-refractivity contribution in [2.24, 2.45) is 0 Å². The van der Waals surface area contributed by atoms with E-state index in [-0.39, 0.29) is 30.5 Å². The number of benzene rings is 1. The zero-order chi connectivity index (χ0) is 22.0. The Hall–Kier alpha value is -3.20. The first-order valence-electron chi connectivity index (χ1n) is 10.3. The van der Waals surface area contributed by atoms with Gasteiger partial charge < -0.3 is 15.5 Å². The van der Waals surface area contributed by atoms with E-state index in [1.165, 1.54) is 22.2 Å². The van der Waals surface area contributed by atoms with Gasteiger partial charge in [0, 0.05) is 30.9 Å². The van der Waals surface area contributed by atoms with Gasteiger partial charge in [-0.3, -0.25) is 14.2 Å². The molecule has 1 aliphatic heterocycles. The summed E-state index contributed by atoms with van der Waals surface area (Å²) in [7, 11) is 0. The second-order valence-corrected chi connectivity index (χ2v) is 8.88. The number of aromatic nitrogens is 2. The first kappa shape index (κ1) is 21.0. The molecule has 0 spiro atoms. The van der Waals surface area contributed by atoms with Gasteiger partial charge in [0.1, 0.15) is 4.83 Å². The fourth-order valence-corrected chi connectivity index (χ4v) is 4.67. The van der Waals surface area contributed by atoms with E-state index in [2.05, 4.69) is 15.6 Å². The smallest absolute Gasteiger partial charge is 0.321 e. The number of aryl methyl sites for hydroxylation is 3. The summed E-state index contributed by atoms with van der Waals surface area (Å²) in [6.45, 7) is 5.61. The van der Waals surface area contributed by atoms with Crippen molar-refractivity contribution in [3.05, 3.63) is 51.4 Å². The Morgan fingerprint density at radius 3 is 2.48 bits per heavy atom. The van der Waals surface area contributed by atoms with Gasteiger partial charge in [0.25, 0.3) is 5.56 Å². The predicted molar refractivity (Wildman–Crippen MR) is 123 cm³/mol. The van der Waals surface area contributed by atoms with Gasteiger partial charge in [0.15, 0.2) is 0 Å². The zero-order valence-electron chi connectivity index (χ0n) is 17.6. The number of carbonyl (C=O) groups excluding carboxylic acids is 2. The first-order valence-corrected chi connectivity index (χ1v) is 11.2. The highest BCUT2D eigenvalue weighted by atomic mass is 32.1. The molecule has 1 saturated heterocycles. The van der Waals surface area contributed by atoms with Crippen molar-refractivity contribution in [1.82, 2.24) is 14.5 Å². The molecular weight excluding hydrogens is 414 g/mol. The summed E-state index contributed by atoms with van der Waals surface area (Å²) in [6.07, 6.45) is 3.63. The number of likely N-dealkylation sites (tertiary alicyclic amines) is 1. The van der Waals surface area contributed by atoms with Crippen LogP contribution in [-0.2, 0) is 11.3 Å². The third kappa shape index (κ3) is 4.46. The minimum absolute atomic E-state index is 0.115. The van der Waals surface area contributed by atoms with Crippen molar-refractivity contribution in [2.75, 3.05) is 23.7 Å². The van der Waals surface area contributed by atoms with Gasteiger partial charge in [-0.25, -0.2) is 9.78 Å². The van der Waals surface area contributed by atoms with Crippen LogP contribution in [0.2, 0.25) is 0 Å². The van der Waals surface area contributed by atoms with Gasteiger partial charge in [-0.1, -0.05) is 12.1 Å². The molecule has 3 amide bonds. The third-order valence-corrected chi connectivity index (χ3v) is 6.69. The maximum Gasteiger partial charge on any atom is 0.321 e. The molecule has 0 aliphatic carbocycles. The van der Waals surface area contributed by atoms with Gasteiger partial charge in [-0.05, 0) is 44.4 Å². The van der Waals surface area contributed by atoms with Gasteiger partial charge in [-0.2, -0.15) is 0 Å². The molecule has 2 aromatic heterocycles. The maximum atomic E-state index is 12.8. The molecule has 1 aromatic carbocycles. The van der Waals surface area contributed by atoms with Gasteiger partial charge in [-0.15, -0.1) is 11.3 Å². The number of rotatable bonds is 5. The maximum absolute atomic E-state index is 12.8. The Morgan fingerprint density at radius 2 is 1.77 bits per heavy atom. The van der Waals surface area contributed by atoms with E-state index in [9.17, 15) is 14.4 Å². The van der Waals surface area contributed by atoms with Crippen molar-refractivity contribution < 1.29 is 9.59 Å². The van der Waals surface area contributed by atoms with Crippen LogP contribution in [0.5, 0.6) is 0 Å². The predicted octanol–water partition coefficient (Wildman–Crippen LogP) is 3.73. The lowest BCUT2D eigenvalue weighted by Crippen LogP contribution is -2.32. The highest BCUT2D eigenvalue weighted by Crippen LogP contribution is 2.25. The standard InChI is InChI=1S/C22H25N5O3S/c1-14-15(2)31-20-19(14)21(29)27(13-23-20)12-9-18(28)24-16-7-3-4-8-17(16)25-22(30)26-10-5-6-11-26/h3-4,7-8,13H,5-6,9-12H2,1-2H3,(H,24,28)(H,25,30). The minimum Gasteiger partial charge on any atom is -0.325 e. The topological polar surface area (TPSA) is 96.3 Å². The van der Waals surface area contributed by atoms with Crippen molar-refractivity contribution in [3.8, 4) is 0 Å². The van der Waals surface area contributed by atoms with E-state index in [4.69, 9.17) is 0 Å². The average molecular weight is 440 g/mol. The molecule has 3 heterocycles. The second-order valence-electron chi connectivity index (χ2n) is 7.67. The average Bonchev–Trinajstić information content (AvgIpc) is 3.38. The molecule has 0 unspecified atom stereocenters. The van der Waals surface area contributed by atoms with Gasteiger partial charge in [0.2, 0.25) is 5.91 Å². The van der Waals surface area contributed by atoms with Crippen molar-refractivity contribution in [1.29, 1.82) is 0 Å². The lowest BCUT2D eigenvalue weighted by Gasteiger charge is -2.18. The van der Waals surface area contributed by atoms with Crippen LogP contribution in [0.3, 0.4) is 0 Å². The number of hydrogen-bond acceptors (Lipinski definition) is 5. The fraction of sp³-hybridized carbons (Fsp3) is 0.364. The molecule has 1 aliphatic rings. The number of thiophene rings is 1. The number of nitrogens with one attached hydrogen (secondary N) is 2. The molecule has 3 aromatic rings. The number of nitrogens with zero attached hydrogens (tertiary/aromatic N) is 3. The number of para-hydroxylation sites is 2. The van der Waals surface area contributed by atoms with Crippen LogP contribution in [0, 0.1) is 13.8 Å². The van der Waals surface area contributed by atoms with Gasteiger partial charge >= 0.3 is 6.03 Å². The van der Waals surface area contributed by atoms with Crippen LogP contribution >= 0.6 is 11.3 Å². The number of urea groups is 1. The normalized spacial score (nSPS) is 13.5. The molecule has 0 radical (unpaired) electrons. The summed E-state index contributed by atoms with van der Waals surface area (Å²) in [4.78, 5) is 45.7. The lowest BCUT2D eigenvalue weighted by molar-refractivity contribution is -0.116. The van der Waals surface area contributed by atoms with Crippen LogP contribution in [0.4, 0.5) is 16.2 Å². The van der Waals surface area contributed by atoms with Crippen molar-refractivity contribution >= 4 is 44.9 Å². The third-order valence-electron chi connectivity index (χ3n) is 5.57. The zero-order valence-corrected chi connectivity index (χ0v) is 18.4. The van der Waals surface area contributed by atoms with E-state index >= 15 is 0 Å². The largest absolute Gasteiger partial charge is 0.325 e. The Morgan fingerprint density at radius 1 is 1.10 bits per heavy atom. The molecule has 2 N–H and O–H groups in total. The molecule has 4 rings (SSSR count). The SMILES string of the molecule is Cc1sc2ncn(CCC(=O)Nc3ccccc3NC(=O)N3CCCC3)c(=O)c2c1C. The van der Waals surface area contributed by atoms with Gasteiger partial charge in [0.05, 0.1) is 23.1 Å². The van der Waals surface area contributed by atoms with Crippen LogP contribution in [0.25, 0.3) is 10.2 Å². The highest BCUT2D eigenvalue weighted by molar-refractivity contribution is 7.18. The number of anilines is 2. The Balaban J connectivity index is 1.42. The van der Waals surface area contributed by atoms with Crippen LogP contribution < -0.4 is 16.2 Å². The summed E-state index contributed by atoms with van der Waals surface area (Å²) >= 11 is 1.50. The number of hydrogen-bond donors (Lipinski definition) is 2. The molecule has 8 nitrogen and oxygen atoms in total. The number of carbonyl (C=O) groups is 2. The number of fused-ring (bicyclic) bond motifs is 1. The number of amides is 3. The fourth-order valence-electron chi connectivity index (χ4n) is 3.68. The summed E-state index contributed by atoms with van der Waals surface area (Å²) < 4.78 is 1.47. The quantitative estimate of drug-likeness (QED) is 0.633. The highest BCUT2D eigenvalue weighted by Gasteiger charge is 2.19. The first-order chi connectivity index (χ1) is 14.9. The Kier molecular flexibility index (Phi) is 6.03. The van der Waals surface area contributed by atoms with Crippen LogP contribution in [0.1, 0.15) is 29.7 Å². The lowest BCUT2D eigenvalue weighted by atomic mass is 10.2.